The van der Waals surface area contributed by atoms with E-state index in [1.165, 1.54) is 0 Å². The molecule has 0 bridgehead atoms. The highest BCUT2D eigenvalue weighted by Crippen LogP contribution is 2.38. The maximum absolute atomic E-state index is 12.9. The lowest BCUT2D eigenvalue weighted by Gasteiger charge is -2.37. The van der Waals surface area contributed by atoms with Gasteiger partial charge >= 0.3 is 12.1 Å². The number of carbonyl (C=O) groups is 2. The van der Waals surface area contributed by atoms with Crippen molar-refractivity contribution in [1.82, 2.24) is 15.1 Å². The Labute approximate surface area is 237 Å². The summed E-state index contributed by atoms with van der Waals surface area (Å²) in [5.41, 5.74) is 3.32. The van der Waals surface area contributed by atoms with E-state index in [0.29, 0.717) is 30.8 Å². The van der Waals surface area contributed by atoms with Crippen LogP contribution < -0.4 is 5.32 Å². The lowest BCUT2D eigenvalue weighted by atomic mass is 9.99. The number of amides is 2. The predicted octanol–water partition coefficient (Wildman–Crippen LogP) is 4.01. The summed E-state index contributed by atoms with van der Waals surface area (Å²) >= 11 is 0. The van der Waals surface area contributed by atoms with E-state index in [-0.39, 0.29) is 38.3 Å². The first-order valence-electron chi connectivity index (χ1n) is 13.6. The number of ether oxygens (including phenoxy) is 2. The molecule has 0 aliphatic carbocycles. The van der Waals surface area contributed by atoms with Gasteiger partial charge in [-0.1, -0.05) is 54.6 Å². The summed E-state index contributed by atoms with van der Waals surface area (Å²) in [6.45, 7) is 5.16. The second-order valence-corrected chi connectivity index (χ2v) is 10.5. The van der Waals surface area contributed by atoms with Gasteiger partial charge in [0.2, 0.25) is 5.91 Å². The third-order valence-corrected chi connectivity index (χ3v) is 7.35. The van der Waals surface area contributed by atoms with Crippen LogP contribution in [0.2, 0.25) is 0 Å². The highest BCUT2D eigenvalue weighted by Gasteiger charge is 2.47. The molecule has 2 saturated heterocycles. The van der Waals surface area contributed by atoms with E-state index in [9.17, 15) is 27.9 Å². The average Bonchev–Trinajstić information content (AvgIpc) is 3.45. The Hall–Kier alpha value is -3.25. The zero-order valence-corrected chi connectivity index (χ0v) is 23.0. The van der Waals surface area contributed by atoms with Gasteiger partial charge in [0, 0.05) is 38.2 Å². The lowest BCUT2D eigenvalue weighted by Crippen LogP contribution is -2.50. The molecule has 0 saturated carbocycles. The van der Waals surface area contributed by atoms with Crippen molar-refractivity contribution in [2.75, 3.05) is 26.7 Å². The van der Waals surface area contributed by atoms with Gasteiger partial charge in [-0.25, -0.2) is 0 Å². The Morgan fingerprint density at radius 3 is 2.39 bits per heavy atom. The number of benzene rings is 2. The van der Waals surface area contributed by atoms with Crippen LogP contribution in [0.15, 0.2) is 61.2 Å². The third kappa shape index (κ3) is 7.94. The van der Waals surface area contributed by atoms with Crippen molar-refractivity contribution in [2.24, 2.45) is 0 Å². The maximum atomic E-state index is 12.9. The molecule has 0 unspecified atom stereocenters. The van der Waals surface area contributed by atoms with Crippen LogP contribution >= 0.6 is 0 Å². The number of aliphatic hydroxyl groups is 1. The van der Waals surface area contributed by atoms with Crippen LogP contribution in [0.1, 0.15) is 53.9 Å². The van der Waals surface area contributed by atoms with Crippen LogP contribution in [0.25, 0.3) is 0 Å². The molecule has 0 spiro atoms. The Kier molecular flexibility index (Phi) is 10.2. The van der Waals surface area contributed by atoms with Gasteiger partial charge in [0.25, 0.3) is 0 Å². The SMILES string of the molecule is C=CCN(C)C[C@H]1C[C@@H](c2ccc(CO)cc2)O[C@@H](c2ccc(CNC(=O)[C@@H]3CCCN3C(=O)C(F)(F)F)cc2)O1. The predicted molar refractivity (Wildman–Crippen MR) is 145 cm³/mol. The molecule has 2 aromatic carbocycles. The fourth-order valence-electron chi connectivity index (χ4n) is 5.22. The molecular weight excluding hydrogens is 539 g/mol. The van der Waals surface area contributed by atoms with E-state index < -0.39 is 30.3 Å². The van der Waals surface area contributed by atoms with Gasteiger partial charge in [0.15, 0.2) is 6.29 Å². The molecule has 2 aromatic rings. The lowest BCUT2D eigenvalue weighted by molar-refractivity contribution is -0.252. The van der Waals surface area contributed by atoms with Gasteiger partial charge in [-0.2, -0.15) is 13.2 Å². The number of rotatable bonds is 10. The first-order chi connectivity index (χ1) is 19.6. The number of aliphatic hydroxyl groups excluding tert-OH is 1. The number of likely N-dealkylation sites (tertiary alicyclic amines) is 1. The van der Waals surface area contributed by atoms with Crippen LogP contribution in [-0.4, -0.2) is 71.7 Å². The molecule has 222 valence electrons. The van der Waals surface area contributed by atoms with Gasteiger partial charge in [0.05, 0.1) is 18.8 Å². The molecule has 2 N–H and O–H groups in total. The van der Waals surface area contributed by atoms with Crippen LogP contribution in [0.3, 0.4) is 0 Å². The number of alkyl halides is 3. The van der Waals surface area contributed by atoms with Crippen LogP contribution in [0, 0.1) is 0 Å². The molecule has 4 atom stereocenters. The Balaban J connectivity index is 1.41. The number of nitrogens with zero attached hydrogens (tertiary/aromatic N) is 2. The van der Waals surface area contributed by atoms with Gasteiger partial charge < -0.3 is 29.7 Å². The quantitative estimate of drug-likeness (QED) is 0.416. The number of halogens is 3. The van der Waals surface area contributed by atoms with Crippen molar-refractivity contribution in [3.05, 3.63) is 83.4 Å². The largest absolute Gasteiger partial charge is 0.471 e. The molecule has 4 rings (SSSR count). The smallest absolute Gasteiger partial charge is 0.392 e. The molecule has 2 amide bonds. The summed E-state index contributed by atoms with van der Waals surface area (Å²) in [4.78, 5) is 27.0. The fourth-order valence-corrected chi connectivity index (χ4v) is 5.22. The number of hydrogen-bond donors (Lipinski definition) is 2. The van der Waals surface area contributed by atoms with Crippen LogP contribution in [0.5, 0.6) is 0 Å². The van der Waals surface area contributed by atoms with Crippen LogP contribution in [0.4, 0.5) is 13.2 Å². The van der Waals surface area contributed by atoms with Gasteiger partial charge in [0.1, 0.15) is 6.04 Å². The normalized spacial score (nSPS) is 23.0. The van der Waals surface area contributed by atoms with E-state index in [2.05, 4.69) is 16.8 Å². The monoisotopic (exact) mass is 575 g/mol. The summed E-state index contributed by atoms with van der Waals surface area (Å²) in [6, 6.07) is 13.8. The molecule has 41 heavy (non-hydrogen) atoms. The number of hydrogen-bond acceptors (Lipinski definition) is 6. The zero-order valence-electron chi connectivity index (χ0n) is 23.0. The third-order valence-electron chi connectivity index (χ3n) is 7.35. The standard InChI is InChI=1S/C30H36F3N3O5/c1-3-14-35(2)18-24-16-26(22-10-8-21(19-37)9-11-22)41-28(40-24)23-12-6-20(7-13-23)17-34-27(38)25-5-4-15-36(25)29(39)30(31,32)33/h3,6-13,24-26,28,37H,1,4-5,14-19H2,2H3,(H,34,38)/t24-,25+,26+,28+/m1/s1. The minimum Gasteiger partial charge on any atom is -0.392 e. The van der Waals surface area contributed by atoms with E-state index in [4.69, 9.17) is 9.47 Å². The zero-order chi connectivity index (χ0) is 29.6. The average molecular weight is 576 g/mol. The second-order valence-electron chi connectivity index (χ2n) is 10.5. The molecular formula is C30H36F3N3O5. The molecule has 2 fully saturated rings. The first kappa shape index (κ1) is 30.7. The van der Waals surface area contributed by atoms with Gasteiger partial charge in [-0.3, -0.25) is 9.59 Å². The highest BCUT2D eigenvalue weighted by atomic mass is 19.4. The Morgan fingerprint density at radius 1 is 1.10 bits per heavy atom. The van der Waals surface area contributed by atoms with Crippen molar-refractivity contribution in [3.63, 3.8) is 0 Å². The number of carbonyl (C=O) groups excluding carboxylic acids is 2. The summed E-state index contributed by atoms with van der Waals surface area (Å²) < 4.78 is 51.3. The van der Waals surface area contributed by atoms with E-state index in [0.717, 1.165) is 22.3 Å². The summed E-state index contributed by atoms with van der Waals surface area (Å²) in [7, 11) is 1.99. The van der Waals surface area contributed by atoms with E-state index in [1.807, 2.05) is 49.5 Å². The Morgan fingerprint density at radius 2 is 1.76 bits per heavy atom. The molecule has 0 radical (unpaired) electrons. The van der Waals surface area contributed by atoms with Crippen molar-refractivity contribution in [1.29, 1.82) is 0 Å². The summed E-state index contributed by atoms with van der Waals surface area (Å²) in [5.74, 6) is -2.59. The first-order valence-corrected chi connectivity index (χ1v) is 13.6. The van der Waals surface area contributed by atoms with Gasteiger partial charge in [-0.05, 0) is 36.6 Å². The van der Waals surface area contributed by atoms with E-state index >= 15 is 0 Å². The minimum absolute atomic E-state index is 0.0378. The van der Waals surface area contributed by atoms with Crippen molar-refractivity contribution in [2.45, 2.75) is 63.1 Å². The molecule has 8 nitrogen and oxygen atoms in total. The molecule has 2 aliphatic heterocycles. The van der Waals surface area contributed by atoms with Crippen LogP contribution in [-0.2, 0) is 32.2 Å². The van der Waals surface area contributed by atoms with Crippen molar-refractivity contribution < 1.29 is 37.3 Å². The topological polar surface area (TPSA) is 91.3 Å². The molecule has 2 aliphatic rings. The second kappa shape index (κ2) is 13.6. The fraction of sp³-hybridized carbons (Fsp3) is 0.467. The van der Waals surface area contributed by atoms with E-state index in [1.54, 1.807) is 12.1 Å². The maximum Gasteiger partial charge on any atom is 0.471 e. The van der Waals surface area contributed by atoms with Crippen molar-refractivity contribution in [3.8, 4) is 0 Å². The molecule has 2 heterocycles. The number of nitrogens with one attached hydrogen (secondary N) is 1. The van der Waals surface area contributed by atoms with Crippen molar-refractivity contribution >= 4 is 11.8 Å². The Bertz CT molecular complexity index is 1190. The van der Waals surface area contributed by atoms with Gasteiger partial charge in [-0.15, -0.1) is 6.58 Å². The molecule has 0 aromatic heterocycles. The number of likely N-dealkylation sites (N-methyl/N-ethyl adjacent to an activating group) is 1. The summed E-state index contributed by atoms with van der Waals surface area (Å²) in [5, 5.41) is 12.0. The molecule has 11 heteroatoms. The minimum atomic E-state index is -5.01. The summed E-state index contributed by atoms with van der Waals surface area (Å²) in [6.07, 6.45) is -2.98. The highest BCUT2D eigenvalue weighted by molar-refractivity contribution is 5.90.